The first-order chi connectivity index (χ1) is 12.1. The second-order valence-electron chi connectivity index (χ2n) is 4.72. The monoisotopic (exact) mass is 361 g/mol. The molecule has 0 heterocycles. The maximum absolute atomic E-state index is 11.8. The van der Waals surface area contributed by atoms with Crippen molar-refractivity contribution >= 4 is 35.3 Å². The molecule has 0 unspecified atom stereocenters. The Morgan fingerprint density at radius 2 is 1.80 bits per heavy atom. The van der Waals surface area contributed by atoms with Crippen LogP contribution in [0.15, 0.2) is 47.6 Å². The number of nitrogens with one attached hydrogen (secondary N) is 2. The third-order valence-corrected chi connectivity index (χ3v) is 3.46. The first kappa shape index (κ1) is 18.3. The Kier molecular flexibility index (Phi) is 6.36. The van der Waals surface area contributed by atoms with Crippen LogP contribution >= 0.6 is 11.6 Å². The lowest BCUT2D eigenvalue weighted by Gasteiger charge is -2.09. The molecule has 0 aliphatic rings. The Labute approximate surface area is 149 Å². The van der Waals surface area contributed by atoms with Crippen molar-refractivity contribution in [2.75, 3.05) is 19.5 Å². The van der Waals surface area contributed by atoms with Crippen molar-refractivity contribution in [3.8, 4) is 11.5 Å². The minimum atomic E-state index is -0.932. The van der Waals surface area contributed by atoms with Crippen molar-refractivity contribution < 1.29 is 19.1 Å². The third kappa shape index (κ3) is 4.71. The van der Waals surface area contributed by atoms with Crippen LogP contribution in [0.2, 0.25) is 5.02 Å². The lowest BCUT2D eigenvalue weighted by molar-refractivity contribution is -0.136. The van der Waals surface area contributed by atoms with Crippen LogP contribution < -0.4 is 20.2 Å². The van der Waals surface area contributed by atoms with E-state index in [0.29, 0.717) is 27.8 Å². The molecule has 8 heteroatoms. The molecule has 0 spiro atoms. The highest BCUT2D eigenvalue weighted by molar-refractivity contribution is 6.41. The van der Waals surface area contributed by atoms with Crippen molar-refractivity contribution in [2.24, 2.45) is 5.10 Å². The van der Waals surface area contributed by atoms with Gasteiger partial charge in [-0.25, -0.2) is 5.43 Å². The largest absolute Gasteiger partial charge is 0.493 e. The molecule has 25 heavy (non-hydrogen) atoms. The average molecular weight is 362 g/mol. The maximum atomic E-state index is 11.8. The summed E-state index contributed by atoms with van der Waals surface area (Å²) in [6, 6.07) is 11.8. The summed E-state index contributed by atoms with van der Waals surface area (Å²) in [5.74, 6) is -0.835. The van der Waals surface area contributed by atoms with Crippen LogP contribution in [-0.2, 0) is 9.59 Å². The molecule has 0 atom stereocenters. The van der Waals surface area contributed by atoms with Crippen LogP contribution in [0.1, 0.15) is 5.56 Å². The van der Waals surface area contributed by atoms with Crippen molar-refractivity contribution in [3.63, 3.8) is 0 Å². The van der Waals surface area contributed by atoms with Gasteiger partial charge in [-0.2, -0.15) is 5.10 Å². The summed E-state index contributed by atoms with van der Waals surface area (Å²) in [6.07, 6.45) is 1.35. The lowest BCUT2D eigenvalue weighted by atomic mass is 10.2. The fraction of sp³-hybridized carbons (Fsp3) is 0.118. The first-order valence-corrected chi connectivity index (χ1v) is 7.54. The van der Waals surface area contributed by atoms with Crippen molar-refractivity contribution in [1.29, 1.82) is 0 Å². The number of hydrogen-bond donors (Lipinski definition) is 2. The van der Waals surface area contributed by atoms with Crippen molar-refractivity contribution in [1.82, 2.24) is 5.43 Å². The molecule has 2 rings (SSSR count). The number of carbonyl (C=O) groups excluding carboxylic acids is 2. The van der Waals surface area contributed by atoms with Crippen LogP contribution in [0.5, 0.6) is 11.5 Å². The third-order valence-electron chi connectivity index (χ3n) is 3.13. The fourth-order valence-corrected chi connectivity index (χ4v) is 2.15. The number of amides is 2. The van der Waals surface area contributed by atoms with E-state index in [0.717, 1.165) is 0 Å². The van der Waals surface area contributed by atoms with Gasteiger partial charge in [0, 0.05) is 5.56 Å². The van der Waals surface area contributed by atoms with Gasteiger partial charge in [0.15, 0.2) is 11.5 Å². The van der Waals surface area contributed by atoms with Gasteiger partial charge in [0.2, 0.25) is 0 Å². The normalized spacial score (nSPS) is 10.4. The van der Waals surface area contributed by atoms with Gasteiger partial charge < -0.3 is 14.8 Å². The van der Waals surface area contributed by atoms with Gasteiger partial charge in [-0.05, 0) is 24.3 Å². The van der Waals surface area contributed by atoms with E-state index in [-0.39, 0.29) is 0 Å². The molecular weight excluding hydrogens is 346 g/mol. The molecule has 0 saturated carbocycles. The topological polar surface area (TPSA) is 89.0 Å². The highest BCUT2D eigenvalue weighted by Gasteiger charge is 2.14. The molecule has 130 valence electrons. The number of hydrazone groups is 1. The number of para-hydroxylation sites is 2. The van der Waals surface area contributed by atoms with Crippen LogP contribution in [0.3, 0.4) is 0 Å². The molecule has 0 fully saturated rings. The Morgan fingerprint density at radius 1 is 1.04 bits per heavy atom. The molecule has 2 aromatic carbocycles. The number of hydrogen-bond acceptors (Lipinski definition) is 5. The lowest BCUT2D eigenvalue weighted by Crippen LogP contribution is -2.32. The van der Waals surface area contributed by atoms with E-state index in [4.69, 9.17) is 21.1 Å². The zero-order valence-corrected chi connectivity index (χ0v) is 14.3. The van der Waals surface area contributed by atoms with Gasteiger partial charge in [0.1, 0.15) is 0 Å². The Morgan fingerprint density at radius 3 is 2.48 bits per heavy atom. The van der Waals surface area contributed by atoms with E-state index in [2.05, 4.69) is 15.8 Å². The SMILES string of the molecule is COc1cccc(/C=N\NC(=O)C(=O)Nc2ccccc2Cl)c1OC. The number of carbonyl (C=O) groups is 2. The van der Waals surface area contributed by atoms with Crippen LogP contribution in [-0.4, -0.2) is 32.2 Å². The predicted octanol–water partition coefficient (Wildman–Crippen LogP) is 2.45. The molecule has 0 aliphatic carbocycles. The van der Waals surface area contributed by atoms with Gasteiger partial charge in [-0.15, -0.1) is 0 Å². The highest BCUT2D eigenvalue weighted by atomic mass is 35.5. The molecular formula is C17H16ClN3O4. The second-order valence-corrected chi connectivity index (χ2v) is 5.12. The summed E-state index contributed by atoms with van der Waals surface area (Å²) in [5.41, 5.74) is 3.05. The molecule has 2 amide bonds. The smallest absolute Gasteiger partial charge is 0.329 e. The van der Waals surface area contributed by atoms with Crippen molar-refractivity contribution in [2.45, 2.75) is 0 Å². The molecule has 0 aliphatic heterocycles. The van der Waals surface area contributed by atoms with Gasteiger partial charge in [0.05, 0.1) is 31.1 Å². The van der Waals surface area contributed by atoms with E-state index in [1.54, 1.807) is 42.5 Å². The zero-order valence-electron chi connectivity index (χ0n) is 13.6. The van der Waals surface area contributed by atoms with E-state index in [1.165, 1.54) is 20.4 Å². The molecule has 2 aromatic rings. The number of ether oxygens (including phenoxy) is 2. The number of nitrogens with zero attached hydrogens (tertiary/aromatic N) is 1. The Bertz CT molecular complexity index is 808. The number of benzene rings is 2. The summed E-state index contributed by atoms with van der Waals surface area (Å²) >= 11 is 5.92. The van der Waals surface area contributed by atoms with E-state index >= 15 is 0 Å². The minimum absolute atomic E-state index is 0.327. The number of halogens is 1. The van der Waals surface area contributed by atoms with E-state index < -0.39 is 11.8 Å². The van der Waals surface area contributed by atoms with Crippen LogP contribution in [0, 0.1) is 0 Å². The van der Waals surface area contributed by atoms with Crippen LogP contribution in [0.4, 0.5) is 5.69 Å². The maximum Gasteiger partial charge on any atom is 0.329 e. The number of anilines is 1. The standard InChI is InChI=1S/C17H16ClN3O4/c1-24-14-9-5-6-11(15(14)25-2)10-19-21-17(23)16(22)20-13-8-4-3-7-12(13)18/h3-10H,1-2H3,(H,20,22)(H,21,23)/b19-10-. The summed E-state index contributed by atoms with van der Waals surface area (Å²) in [5, 5.41) is 6.48. The van der Waals surface area contributed by atoms with Gasteiger partial charge in [-0.3, -0.25) is 9.59 Å². The zero-order chi connectivity index (χ0) is 18.2. The quantitative estimate of drug-likeness (QED) is 0.486. The molecule has 7 nitrogen and oxygen atoms in total. The molecule has 0 aromatic heterocycles. The molecule has 2 N–H and O–H groups in total. The van der Waals surface area contributed by atoms with E-state index in [9.17, 15) is 9.59 Å². The Balaban J connectivity index is 2.01. The molecule has 0 radical (unpaired) electrons. The summed E-state index contributed by atoms with van der Waals surface area (Å²) in [4.78, 5) is 23.6. The highest BCUT2D eigenvalue weighted by Crippen LogP contribution is 2.29. The van der Waals surface area contributed by atoms with E-state index in [1.807, 2.05) is 0 Å². The van der Waals surface area contributed by atoms with Gasteiger partial charge in [-0.1, -0.05) is 29.8 Å². The van der Waals surface area contributed by atoms with Crippen LogP contribution in [0.25, 0.3) is 0 Å². The number of rotatable bonds is 5. The predicted molar refractivity (Wildman–Crippen MR) is 95.4 cm³/mol. The van der Waals surface area contributed by atoms with Gasteiger partial charge >= 0.3 is 11.8 Å². The summed E-state index contributed by atoms with van der Waals surface area (Å²) in [7, 11) is 3.00. The number of methoxy groups -OCH3 is 2. The molecule has 0 saturated heterocycles. The van der Waals surface area contributed by atoms with Gasteiger partial charge in [0.25, 0.3) is 0 Å². The average Bonchev–Trinajstić information content (AvgIpc) is 2.63. The fourth-order valence-electron chi connectivity index (χ4n) is 1.97. The summed E-state index contributed by atoms with van der Waals surface area (Å²) in [6.45, 7) is 0. The minimum Gasteiger partial charge on any atom is -0.493 e. The molecule has 0 bridgehead atoms. The summed E-state index contributed by atoms with van der Waals surface area (Å²) < 4.78 is 10.4. The first-order valence-electron chi connectivity index (χ1n) is 7.16. The Hall–Kier alpha value is -3.06. The second kappa shape index (κ2) is 8.70. The van der Waals surface area contributed by atoms with Crippen molar-refractivity contribution in [3.05, 3.63) is 53.1 Å².